The number of ether oxygens (including phenoxy) is 2. The van der Waals surface area contributed by atoms with E-state index in [0.717, 1.165) is 28.6 Å². The fourth-order valence-corrected chi connectivity index (χ4v) is 7.06. The Hall–Kier alpha value is -3.26. The third kappa shape index (κ3) is 6.54. The number of hydrogen-bond donors (Lipinski definition) is 4. The monoisotopic (exact) mass is 661 g/mol. The van der Waals surface area contributed by atoms with Crippen molar-refractivity contribution in [3.8, 4) is 11.5 Å². The molecule has 2 aromatic heterocycles. The van der Waals surface area contributed by atoms with Crippen molar-refractivity contribution in [3.63, 3.8) is 0 Å². The molecule has 12 nitrogen and oxygen atoms in total. The summed E-state index contributed by atoms with van der Waals surface area (Å²) < 4.78 is 13.8. The van der Waals surface area contributed by atoms with E-state index in [0.29, 0.717) is 53.4 Å². The molecule has 2 aliphatic heterocycles. The molecular formula is C28H36BrN7O5S. The Kier molecular flexibility index (Phi) is 8.74. The standard InChI is InChI=1S/C28H36BrN7O5S/c1-15(22(28(2,3)4)33-27(38)39)25(37)35-8-5-16(6-9-35)7-10-36-13-31-23(30)21-24(36)34-26(32-21)42-20-12-19-18(11-17(20)29)40-14-41-19/h11-13,15-16,22,30,33H,5-10,14H2,1-4H3,(H,32,34)(H,38,39)/t15-,22?/m0/s1. The van der Waals surface area contributed by atoms with Crippen molar-refractivity contribution in [2.75, 3.05) is 19.9 Å². The van der Waals surface area contributed by atoms with E-state index in [1.807, 2.05) is 49.3 Å². The van der Waals surface area contributed by atoms with Gasteiger partial charge in [-0.1, -0.05) is 39.5 Å². The van der Waals surface area contributed by atoms with Crippen molar-refractivity contribution in [1.82, 2.24) is 29.7 Å². The fraction of sp³-hybridized carbons (Fsp3) is 0.536. The summed E-state index contributed by atoms with van der Waals surface area (Å²) in [6.45, 7) is 9.82. The van der Waals surface area contributed by atoms with Gasteiger partial charge in [0.05, 0.1) is 12.2 Å². The zero-order chi connectivity index (χ0) is 30.2. The van der Waals surface area contributed by atoms with Crippen LogP contribution in [0.3, 0.4) is 0 Å². The molecule has 0 radical (unpaired) electrons. The Morgan fingerprint density at radius 2 is 1.95 bits per heavy atom. The Labute approximate surface area is 256 Å². The van der Waals surface area contributed by atoms with Crippen LogP contribution in [0.1, 0.15) is 47.0 Å². The highest BCUT2D eigenvalue weighted by molar-refractivity contribution is 9.10. The topological polar surface area (TPSA) is 158 Å². The zero-order valence-electron chi connectivity index (χ0n) is 24.1. The molecule has 0 saturated carbocycles. The average Bonchev–Trinajstić information content (AvgIpc) is 3.58. The lowest BCUT2D eigenvalue weighted by Crippen LogP contribution is -2.53. The van der Waals surface area contributed by atoms with E-state index in [2.05, 4.69) is 31.2 Å². The molecular weight excluding hydrogens is 626 g/mol. The third-order valence-electron chi connectivity index (χ3n) is 7.94. The molecule has 0 aliphatic carbocycles. The summed E-state index contributed by atoms with van der Waals surface area (Å²) in [5.41, 5.74) is 1.00. The second-order valence-corrected chi connectivity index (χ2v) is 13.8. The van der Waals surface area contributed by atoms with Gasteiger partial charge in [0.15, 0.2) is 27.8 Å². The normalized spacial score (nSPS) is 16.9. The Morgan fingerprint density at radius 1 is 1.26 bits per heavy atom. The van der Waals surface area contributed by atoms with Crippen LogP contribution in [-0.2, 0) is 11.3 Å². The van der Waals surface area contributed by atoms with Crippen molar-refractivity contribution >= 4 is 50.9 Å². The molecule has 2 atom stereocenters. The van der Waals surface area contributed by atoms with Gasteiger partial charge < -0.3 is 34.3 Å². The quantitative estimate of drug-likeness (QED) is 0.267. The highest BCUT2D eigenvalue weighted by atomic mass is 79.9. The maximum absolute atomic E-state index is 13.3. The number of fused-ring (bicyclic) bond motifs is 2. The summed E-state index contributed by atoms with van der Waals surface area (Å²) >= 11 is 5.02. The van der Waals surface area contributed by atoms with Crippen molar-refractivity contribution in [3.05, 3.63) is 28.4 Å². The van der Waals surface area contributed by atoms with E-state index in [4.69, 9.17) is 19.9 Å². The summed E-state index contributed by atoms with van der Waals surface area (Å²) in [5.74, 6) is 1.34. The fourth-order valence-electron chi connectivity index (χ4n) is 5.67. The average molecular weight is 663 g/mol. The molecule has 1 saturated heterocycles. The highest BCUT2D eigenvalue weighted by Crippen LogP contribution is 2.42. The zero-order valence-corrected chi connectivity index (χ0v) is 26.5. The molecule has 2 aliphatic rings. The van der Waals surface area contributed by atoms with Crippen LogP contribution in [-0.4, -0.2) is 67.5 Å². The lowest BCUT2D eigenvalue weighted by molar-refractivity contribution is -0.138. The van der Waals surface area contributed by atoms with Crippen molar-refractivity contribution in [2.45, 2.75) is 69.6 Å². The Bertz CT molecular complexity index is 1540. The lowest BCUT2D eigenvalue weighted by Gasteiger charge is -2.39. The highest BCUT2D eigenvalue weighted by Gasteiger charge is 2.37. The first-order chi connectivity index (χ1) is 19.9. The molecule has 226 valence electrons. The van der Waals surface area contributed by atoms with Crippen LogP contribution in [0.15, 0.2) is 33.0 Å². The number of nitrogens with one attached hydrogen (secondary N) is 3. The molecule has 1 fully saturated rings. The van der Waals surface area contributed by atoms with Crippen LogP contribution in [0, 0.1) is 22.7 Å². The van der Waals surface area contributed by atoms with Gasteiger partial charge in [-0.25, -0.2) is 14.8 Å². The van der Waals surface area contributed by atoms with Crippen LogP contribution < -0.4 is 20.3 Å². The van der Waals surface area contributed by atoms with Gasteiger partial charge in [-0.05, 0) is 58.7 Å². The van der Waals surface area contributed by atoms with Crippen LogP contribution in [0.5, 0.6) is 11.5 Å². The number of carbonyl (C=O) groups excluding carboxylic acids is 1. The first-order valence-corrected chi connectivity index (χ1v) is 15.6. The molecule has 4 N–H and O–H groups in total. The van der Waals surface area contributed by atoms with E-state index in [9.17, 15) is 14.7 Å². The van der Waals surface area contributed by atoms with Crippen LogP contribution in [0.4, 0.5) is 4.79 Å². The predicted molar refractivity (Wildman–Crippen MR) is 160 cm³/mol. The number of nitrogens with zero attached hydrogens (tertiary/aromatic N) is 4. The lowest BCUT2D eigenvalue weighted by atomic mass is 9.78. The number of amides is 2. The second kappa shape index (κ2) is 12.2. The predicted octanol–water partition coefficient (Wildman–Crippen LogP) is 4.83. The van der Waals surface area contributed by atoms with Crippen molar-refractivity contribution in [2.24, 2.45) is 17.3 Å². The first-order valence-electron chi connectivity index (χ1n) is 14.0. The van der Waals surface area contributed by atoms with Crippen LogP contribution in [0.2, 0.25) is 0 Å². The van der Waals surface area contributed by atoms with Crippen molar-refractivity contribution < 1.29 is 24.2 Å². The number of aromatic amines is 1. The van der Waals surface area contributed by atoms with Gasteiger partial charge in [0.1, 0.15) is 5.52 Å². The smallest absolute Gasteiger partial charge is 0.404 e. The number of imidazole rings is 1. The molecule has 2 amide bonds. The number of aromatic nitrogens is 4. The molecule has 3 aromatic rings. The number of benzene rings is 1. The molecule has 42 heavy (non-hydrogen) atoms. The second-order valence-electron chi connectivity index (χ2n) is 11.9. The van der Waals surface area contributed by atoms with Gasteiger partial charge in [-0.15, -0.1) is 0 Å². The third-order valence-corrected chi connectivity index (χ3v) is 9.80. The number of likely N-dealkylation sites (tertiary alicyclic amines) is 1. The number of aryl methyl sites for hydroxylation is 1. The summed E-state index contributed by atoms with van der Waals surface area (Å²) in [5, 5.41) is 20.8. The number of carboxylic acid groups (broad SMARTS) is 1. The Balaban J connectivity index is 1.21. The van der Waals surface area contributed by atoms with Gasteiger partial charge >= 0.3 is 6.09 Å². The maximum Gasteiger partial charge on any atom is 0.404 e. The minimum absolute atomic E-state index is 0.0101. The minimum Gasteiger partial charge on any atom is -0.465 e. The number of piperidine rings is 1. The largest absolute Gasteiger partial charge is 0.465 e. The van der Waals surface area contributed by atoms with Gasteiger partial charge in [0.2, 0.25) is 12.7 Å². The summed E-state index contributed by atoms with van der Waals surface area (Å²) in [4.78, 5) is 39.7. The molecule has 5 rings (SSSR count). The number of H-pyrrole nitrogens is 1. The molecule has 1 aromatic carbocycles. The summed E-state index contributed by atoms with van der Waals surface area (Å²) in [6.07, 6.45) is 3.19. The van der Waals surface area contributed by atoms with Gasteiger partial charge in [-0.2, -0.15) is 0 Å². The summed E-state index contributed by atoms with van der Waals surface area (Å²) in [6, 6.07) is 3.30. The molecule has 14 heteroatoms. The van der Waals surface area contributed by atoms with Gasteiger partial charge in [-0.3, -0.25) is 10.2 Å². The number of carbonyl (C=O) groups is 2. The van der Waals surface area contributed by atoms with E-state index in [-0.39, 0.29) is 23.6 Å². The maximum atomic E-state index is 13.3. The molecule has 0 bridgehead atoms. The summed E-state index contributed by atoms with van der Waals surface area (Å²) in [7, 11) is 0. The molecule has 4 heterocycles. The van der Waals surface area contributed by atoms with E-state index >= 15 is 0 Å². The molecule has 0 spiro atoms. The first kappa shape index (κ1) is 30.2. The minimum atomic E-state index is -1.11. The van der Waals surface area contributed by atoms with Crippen molar-refractivity contribution in [1.29, 1.82) is 5.41 Å². The van der Waals surface area contributed by atoms with E-state index < -0.39 is 18.1 Å². The number of halogens is 1. The number of hydrogen-bond acceptors (Lipinski definition) is 8. The molecule has 1 unspecified atom stereocenters. The van der Waals surface area contributed by atoms with E-state index in [1.54, 1.807) is 6.33 Å². The Morgan fingerprint density at radius 3 is 2.62 bits per heavy atom. The van der Waals surface area contributed by atoms with Gasteiger partial charge in [0, 0.05) is 35.0 Å². The van der Waals surface area contributed by atoms with E-state index in [1.165, 1.54) is 11.8 Å². The van der Waals surface area contributed by atoms with Crippen LogP contribution in [0.25, 0.3) is 11.2 Å². The van der Waals surface area contributed by atoms with Crippen LogP contribution >= 0.6 is 27.7 Å². The number of rotatable bonds is 8. The van der Waals surface area contributed by atoms with Gasteiger partial charge in [0.25, 0.3) is 0 Å². The SMILES string of the molecule is C[C@H](C(=O)N1CCC(CCn2cnc(=N)c3[nH]c(Sc4cc5c(cc4Br)OCO5)nc32)CC1)C(NC(=O)O)C(C)(C)C.